The molecule has 0 spiro atoms. The fourth-order valence-corrected chi connectivity index (χ4v) is 1.80. The van der Waals surface area contributed by atoms with Crippen LogP contribution in [0.2, 0.25) is 0 Å². The summed E-state index contributed by atoms with van der Waals surface area (Å²) in [5.41, 5.74) is 0.575. The minimum atomic E-state index is -4.32. The van der Waals surface area contributed by atoms with E-state index in [-0.39, 0.29) is 12.1 Å². The largest absolute Gasteiger partial charge is 0.396 e. The van der Waals surface area contributed by atoms with Crippen LogP contribution in [0, 0.1) is 5.82 Å². The minimum Gasteiger partial charge on any atom is -0.312 e. The molecular weight excluding hydrogens is 210 g/mol. The van der Waals surface area contributed by atoms with Gasteiger partial charge in [0.1, 0.15) is 5.82 Å². The Hall–Kier alpha value is -1.10. The number of rotatable bonds is 0. The molecule has 82 valence electrons. The second kappa shape index (κ2) is 3.48. The highest BCUT2D eigenvalue weighted by Crippen LogP contribution is 2.38. The van der Waals surface area contributed by atoms with Gasteiger partial charge in [-0.05, 0) is 23.3 Å². The standard InChI is InChI=1S/C10H9F4N/c11-7-2-1-6-4-15-5-9(8(6)3-7)10(12,13)14/h1-3,9,15H,4-5H2. The molecule has 15 heavy (non-hydrogen) atoms. The van der Waals surface area contributed by atoms with E-state index in [1.807, 2.05) is 0 Å². The predicted molar refractivity (Wildman–Crippen MR) is 46.9 cm³/mol. The van der Waals surface area contributed by atoms with E-state index >= 15 is 0 Å². The van der Waals surface area contributed by atoms with Gasteiger partial charge < -0.3 is 5.32 Å². The van der Waals surface area contributed by atoms with E-state index in [4.69, 9.17) is 0 Å². The number of hydrogen-bond donors (Lipinski definition) is 1. The summed E-state index contributed by atoms with van der Waals surface area (Å²) in [7, 11) is 0. The van der Waals surface area contributed by atoms with Gasteiger partial charge in [-0.3, -0.25) is 0 Å². The van der Waals surface area contributed by atoms with Crippen molar-refractivity contribution in [3.63, 3.8) is 0 Å². The maximum atomic E-state index is 12.9. The lowest BCUT2D eigenvalue weighted by molar-refractivity contribution is -0.150. The highest BCUT2D eigenvalue weighted by Gasteiger charge is 2.42. The number of nitrogens with one attached hydrogen (secondary N) is 1. The van der Waals surface area contributed by atoms with Crippen molar-refractivity contribution in [1.82, 2.24) is 5.32 Å². The molecule has 1 atom stereocenters. The van der Waals surface area contributed by atoms with Crippen LogP contribution in [0.25, 0.3) is 0 Å². The number of halogens is 4. The quantitative estimate of drug-likeness (QED) is 0.661. The Kier molecular flexibility index (Phi) is 2.42. The molecule has 1 aromatic carbocycles. The van der Waals surface area contributed by atoms with Gasteiger partial charge in [-0.25, -0.2) is 4.39 Å². The summed E-state index contributed by atoms with van der Waals surface area (Å²) in [4.78, 5) is 0. The highest BCUT2D eigenvalue weighted by molar-refractivity contribution is 5.34. The number of benzene rings is 1. The Labute approximate surface area is 84.1 Å². The summed E-state index contributed by atoms with van der Waals surface area (Å²) in [6.45, 7) is 0.183. The molecule has 5 heteroatoms. The lowest BCUT2D eigenvalue weighted by Crippen LogP contribution is -2.36. The fourth-order valence-electron chi connectivity index (χ4n) is 1.80. The van der Waals surface area contributed by atoms with Crippen molar-refractivity contribution in [3.8, 4) is 0 Å². The molecule has 0 amide bonds. The van der Waals surface area contributed by atoms with Crippen molar-refractivity contribution in [2.75, 3.05) is 6.54 Å². The number of alkyl halides is 3. The van der Waals surface area contributed by atoms with Crippen LogP contribution in [0.4, 0.5) is 17.6 Å². The predicted octanol–water partition coefficient (Wildman–Crippen LogP) is 2.57. The van der Waals surface area contributed by atoms with Gasteiger partial charge in [-0.2, -0.15) is 13.2 Å². The lowest BCUT2D eigenvalue weighted by Gasteiger charge is -2.28. The molecule has 0 aliphatic carbocycles. The van der Waals surface area contributed by atoms with Crippen LogP contribution in [0.15, 0.2) is 18.2 Å². The Bertz CT molecular complexity index is 372. The van der Waals surface area contributed by atoms with E-state index in [0.717, 1.165) is 6.07 Å². The maximum absolute atomic E-state index is 12.9. The van der Waals surface area contributed by atoms with E-state index in [1.165, 1.54) is 12.1 Å². The second-order valence-electron chi connectivity index (χ2n) is 3.57. The van der Waals surface area contributed by atoms with Crippen molar-refractivity contribution >= 4 is 0 Å². The normalized spacial score (nSPS) is 21.2. The first-order valence-electron chi connectivity index (χ1n) is 4.54. The van der Waals surface area contributed by atoms with E-state index in [1.54, 1.807) is 0 Å². The van der Waals surface area contributed by atoms with Gasteiger partial charge in [0.05, 0.1) is 5.92 Å². The van der Waals surface area contributed by atoms with Crippen LogP contribution in [0.5, 0.6) is 0 Å². The van der Waals surface area contributed by atoms with E-state index in [9.17, 15) is 17.6 Å². The minimum absolute atomic E-state index is 0.0567. The van der Waals surface area contributed by atoms with E-state index in [2.05, 4.69) is 5.32 Å². The summed E-state index contributed by atoms with van der Waals surface area (Å²) in [6.07, 6.45) is -4.32. The zero-order chi connectivity index (χ0) is 11.1. The SMILES string of the molecule is Fc1ccc2c(c1)C(C(F)(F)F)CNC2. The fraction of sp³-hybridized carbons (Fsp3) is 0.400. The maximum Gasteiger partial charge on any atom is 0.396 e. The average molecular weight is 219 g/mol. The Morgan fingerprint density at radius 3 is 2.67 bits per heavy atom. The lowest BCUT2D eigenvalue weighted by atomic mass is 9.90. The molecule has 2 rings (SSSR count). The second-order valence-corrected chi connectivity index (χ2v) is 3.57. The molecular formula is C10H9F4N. The molecule has 0 aromatic heterocycles. The van der Waals surface area contributed by atoms with Crippen molar-refractivity contribution in [3.05, 3.63) is 35.1 Å². The van der Waals surface area contributed by atoms with Gasteiger partial charge >= 0.3 is 6.18 Å². The number of hydrogen-bond acceptors (Lipinski definition) is 1. The van der Waals surface area contributed by atoms with Crippen molar-refractivity contribution in [2.45, 2.75) is 18.6 Å². The topological polar surface area (TPSA) is 12.0 Å². The molecule has 0 saturated heterocycles. The van der Waals surface area contributed by atoms with Crippen LogP contribution >= 0.6 is 0 Å². The zero-order valence-corrected chi connectivity index (χ0v) is 7.74. The first-order chi connectivity index (χ1) is 6.98. The molecule has 0 saturated carbocycles. The van der Waals surface area contributed by atoms with Crippen molar-refractivity contribution in [1.29, 1.82) is 0 Å². The molecule has 0 fully saturated rings. The summed E-state index contributed by atoms with van der Waals surface area (Å²) < 4.78 is 50.6. The van der Waals surface area contributed by atoms with Crippen LogP contribution in [0.1, 0.15) is 17.0 Å². The van der Waals surface area contributed by atoms with Crippen LogP contribution in [-0.4, -0.2) is 12.7 Å². The van der Waals surface area contributed by atoms with E-state index in [0.29, 0.717) is 12.1 Å². The monoisotopic (exact) mass is 219 g/mol. The smallest absolute Gasteiger partial charge is 0.312 e. The molecule has 1 unspecified atom stereocenters. The summed E-state index contributed by atoms with van der Waals surface area (Å²) in [5, 5.41) is 2.67. The van der Waals surface area contributed by atoms with Gasteiger partial charge in [0, 0.05) is 13.1 Å². The third-order valence-electron chi connectivity index (χ3n) is 2.54. The van der Waals surface area contributed by atoms with Crippen LogP contribution in [-0.2, 0) is 6.54 Å². The zero-order valence-electron chi connectivity index (χ0n) is 7.74. The van der Waals surface area contributed by atoms with Crippen molar-refractivity contribution < 1.29 is 17.6 Å². The highest BCUT2D eigenvalue weighted by atomic mass is 19.4. The van der Waals surface area contributed by atoms with Gasteiger partial charge in [0.2, 0.25) is 0 Å². The molecule has 1 N–H and O–H groups in total. The van der Waals surface area contributed by atoms with Gasteiger partial charge in [0.15, 0.2) is 0 Å². The Morgan fingerprint density at radius 2 is 2.00 bits per heavy atom. The van der Waals surface area contributed by atoms with Crippen LogP contribution < -0.4 is 5.32 Å². The molecule has 1 nitrogen and oxygen atoms in total. The first kappa shape index (κ1) is 10.4. The molecule has 0 radical (unpaired) electrons. The number of fused-ring (bicyclic) bond motifs is 1. The van der Waals surface area contributed by atoms with Crippen molar-refractivity contribution in [2.24, 2.45) is 0 Å². The molecule has 1 aliphatic heterocycles. The van der Waals surface area contributed by atoms with E-state index < -0.39 is 17.9 Å². The van der Waals surface area contributed by atoms with Gasteiger partial charge in [0.25, 0.3) is 0 Å². The average Bonchev–Trinajstić information content (AvgIpc) is 2.15. The van der Waals surface area contributed by atoms with Crippen LogP contribution in [0.3, 0.4) is 0 Å². The Balaban J connectivity index is 2.45. The molecule has 1 heterocycles. The molecule has 0 bridgehead atoms. The van der Waals surface area contributed by atoms with Gasteiger partial charge in [-0.1, -0.05) is 6.07 Å². The Morgan fingerprint density at radius 1 is 1.27 bits per heavy atom. The molecule has 1 aliphatic rings. The third-order valence-corrected chi connectivity index (χ3v) is 2.54. The van der Waals surface area contributed by atoms with Gasteiger partial charge in [-0.15, -0.1) is 0 Å². The third kappa shape index (κ3) is 1.97. The summed E-state index contributed by atoms with van der Waals surface area (Å²) in [5.74, 6) is -2.22. The summed E-state index contributed by atoms with van der Waals surface area (Å²) >= 11 is 0. The first-order valence-corrected chi connectivity index (χ1v) is 4.54. The molecule has 1 aromatic rings. The summed E-state index contributed by atoms with van der Waals surface area (Å²) in [6, 6.07) is 3.56.